The van der Waals surface area contributed by atoms with Crippen molar-refractivity contribution in [2.24, 2.45) is 0 Å². The van der Waals surface area contributed by atoms with Crippen molar-refractivity contribution in [3.63, 3.8) is 0 Å². The van der Waals surface area contributed by atoms with Crippen molar-refractivity contribution in [3.8, 4) is 11.3 Å². The molecule has 0 aliphatic rings. The molecule has 2 heterocycles. The molecule has 0 saturated heterocycles. The van der Waals surface area contributed by atoms with Crippen molar-refractivity contribution in [1.82, 2.24) is 19.9 Å². The molecule has 0 amide bonds. The summed E-state index contributed by atoms with van der Waals surface area (Å²) >= 11 is 6.04. The zero-order chi connectivity index (χ0) is 19.1. The second kappa shape index (κ2) is 9.30. The molecule has 0 spiro atoms. The lowest BCUT2D eigenvalue weighted by molar-refractivity contribution is 0.405. The van der Waals surface area contributed by atoms with Gasteiger partial charge >= 0.3 is 0 Å². The Morgan fingerprint density at radius 3 is 2.74 bits per heavy atom. The van der Waals surface area contributed by atoms with E-state index in [9.17, 15) is 0 Å². The van der Waals surface area contributed by atoms with Crippen LogP contribution in [-0.2, 0) is 0 Å². The van der Waals surface area contributed by atoms with Gasteiger partial charge in [0.25, 0.3) is 0 Å². The fourth-order valence-electron chi connectivity index (χ4n) is 2.62. The lowest BCUT2D eigenvalue weighted by Gasteiger charge is -2.13. The van der Waals surface area contributed by atoms with Gasteiger partial charge in [0.2, 0.25) is 5.95 Å². The monoisotopic (exact) mass is 382 g/mol. The molecule has 0 aliphatic carbocycles. The number of rotatable bonds is 8. The van der Waals surface area contributed by atoms with E-state index in [0.29, 0.717) is 11.0 Å². The van der Waals surface area contributed by atoms with E-state index in [1.807, 2.05) is 42.5 Å². The van der Waals surface area contributed by atoms with Gasteiger partial charge in [-0.25, -0.2) is 15.0 Å². The first kappa shape index (κ1) is 19.1. The summed E-state index contributed by atoms with van der Waals surface area (Å²) in [7, 11) is 4.14. The van der Waals surface area contributed by atoms with Crippen molar-refractivity contribution in [2.45, 2.75) is 6.42 Å². The number of hydrogen-bond donors (Lipinski definition) is 2. The third-order valence-corrected chi connectivity index (χ3v) is 4.13. The molecule has 3 rings (SSSR count). The van der Waals surface area contributed by atoms with Crippen LogP contribution in [0.25, 0.3) is 11.3 Å². The smallest absolute Gasteiger partial charge is 0.227 e. The molecule has 140 valence electrons. The summed E-state index contributed by atoms with van der Waals surface area (Å²) in [4.78, 5) is 15.6. The second-order valence-corrected chi connectivity index (χ2v) is 6.82. The Balaban J connectivity index is 1.76. The molecule has 0 aliphatic heterocycles. The van der Waals surface area contributed by atoms with E-state index < -0.39 is 0 Å². The van der Waals surface area contributed by atoms with Crippen LogP contribution in [0.15, 0.2) is 54.9 Å². The molecular weight excluding hydrogens is 360 g/mol. The molecule has 0 unspecified atom stereocenters. The van der Waals surface area contributed by atoms with Gasteiger partial charge in [-0.15, -0.1) is 0 Å². The van der Waals surface area contributed by atoms with E-state index in [1.54, 1.807) is 12.4 Å². The van der Waals surface area contributed by atoms with Gasteiger partial charge in [-0.05, 0) is 63.5 Å². The molecule has 0 radical (unpaired) electrons. The highest BCUT2D eigenvalue weighted by molar-refractivity contribution is 6.30. The number of aromatic nitrogens is 3. The average molecular weight is 383 g/mol. The molecular formula is C20H23ClN6. The van der Waals surface area contributed by atoms with Gasteiger partial charge in [-0.2, -0.15) is 0 Å². The van der Waals surface area contributed by atoms with Gasteiger partial charge < -0.3 is 15.5 Å². The minimum absolute atomic E-state index is 0.511. The minimum atomic E-state index is 0.511. The van der Waals surface area contributed by atoms with Crippen molar-refractivity contribution < 1.29 is 0 Å². The summed E-state index contributed by atoms with van der Waals surface area (Å²) in [6.07, 6.45) is 4.55. The van der Waals surface area contributed by atoms with E-state index >= 15 is 0 Å². The quantitative estimate of drug-likeness (QED) is 0.566. The van der Waals surface area contributed by atoms with Gasteiger partial charge in [0.05, 0.1) is 5.69 Å². The predicted octanol–water partition coefficient (Wildman–Crippen LogP) is 4.30. The molecule has 0 bridgehead atoms. The molecule has 0 fully saturated rings. The summed E-state index contributed by atoms with van der Waals surface area (Å²) in [5.74, 6) is 1.33. The SMILES string of the molecule is CN(C)CCCNc1ncccc1-c1ccnc(Nc2cccc(Cl)c2)n1. The Kier molecular flexibility index (Phi) is 6.57. The Hall–Kier alpha value is -2.70. The number of benzene rings is 1. The summed E-state index contributed by atoms with van der Waals surface area (Å²) in [6.45, 7) is 1.87. The van der Waals surface area contributed by atoms with Crippen molar-refractivity contribution >= 4 is 29.1 Å². The van der Waals surface area contributed by atoms with Crippen LogP contribution in [-0.4, -0.2) is 47.0 Å². The van der Waals surface area contributed by atoms with Gasteiger partial charge in [-0.1, -0.05) is 17.7 Å². The van der Waals surface area contributed by atoms with Gasteiger partial charge in [0.15, 0.2) is 0 Å². The van der Waals surface area contributed by atoms with E-state index in [-0.39, 0.29) is 0 Å². The van der Waals surface area contributed by atoms with Gasteiger partial charge in [0.1, 0.15) is 5.82 Å². The zero-order valence-electron chi connectivity index (χ0n) is 15.5. The number of anilines is 3. The maximum Gasteiger partial charge on any atom is 0.227 e. The lowest BCUT2D eigenvalue weighted by Crippen LogP contribution is -2.16. The maximum absolute atomic E-state index is 6.04. The summed E-state index contributed by atoms with van der Waals surface area (Å²) in [5, 5.41) is 7.25. The first-order chi connectivity index (χ1) is 13.1. The Morgan fingerprint density at radius 1 is 1.04 bits per heavy atom. The average Bonchev–Trinajstić information content (AvgIpc) is 2.66. The van der Waals surface area contributed by atoms with Crippen molar-refractivity contribution in [3.05, 3.63) is 59.9 Å². The first-order valence-corrected chi connectivity index (χ1v) is 9.19. The molecule has 7 heteroatoms. The lowest BCUT2D eigenvalue weighted by atomic mass is 10.2. The number of nitrogens with zero attached hydrogens (tertiary/aromatic N) is 4. The largest absolute Gasteiger partial charge is 0.369 e. The van der Waals surface area contributed by atoms with E-state index in [4.69, 9.17) is 11.6 Å². The standard InChI is InChI=1S/C20H23ClN6/c1-27(2)13-5-11-23-19-17(8-4-10-22-19)18-9-12-24-20(26-18)25-16-7-3-6-15(21)14-16/h3-4,6-10,12,14H,5,11,13H2,1-2H3,(H,22,23)(H,24,25,26). The second-order valence-electron chi connectivity index (χ2n) is 6.38. The van der Waals surface area contributed by atoms with Crippen LogP contribution in [0.4, 0.5) is 17.5 Å². The van der Waals surface area contributed by atoms with Crippen LogP contribution in [0.5, 0.6) is 0 Å². The topological polar surface area (TPSA) is 66.0 Å². The Bertz CT molecular complexity index is 884. The normalized spacial score (nSPS) is 10.8. The Morgan fingerprint density at radius 2 is 1.93 bits per heavy atom. The Labute approximate surface area is 164 Å². The van der Waals surface area contributed by atoms with Crippen molar-refractivity contribution in [1.29, 1.82) is 0 Å². The predicted molar refractivity (Wildman–Crippen MR) is 112 cm³/mol. The number of pyridine rings is 1. The van der Waals surface area contributed by atoms with E-state index in [1.165, 1.54) is 0 Å². The number of hydrogen-bond acceptors (Lipinski definition) is 6. The van der Waals surface area contributed by atoms with E-state index in [2.05, 4.69) is 44.6 Å². The van der Waals surface area contributed by atoms with Crippen LogP contribution in [0, 0.1) is 0 Å². The zero-order valence-corrected chi connectivity index (χ0v) is 16.2. The van der Waals surface area contributed by atoms with E-state index in [0.717, 1.165) is 42.3 Å². The van der Waals surface area contributed by atoms with Crippen LogP contribution in [0.1, 0.15) is 6.42 Å². The summed E-state index contributed by atoms with van der Waals surface area (Å²) in [5.41, 5.74) is 2.59. The molecule has 0 atom stereocenters. The van der Waals surface area contributed by atoms with Crippen LogP contribution in [0.3, 0.4) is 0 Å². The fraction of sp³-hybridized carbons (Fsp3) is 0.250. The highest BCUT2D eigenvalue weighted by Gasteiger charge is 2.09. The van der Waals surface area contributed by atoms with Gasteiger partial charge in [-0.3, -0.25) is 0 Å². The fourth-order valence-corrected chi connectivity index (χ4v) is 2.81. The van der Waals surface area contributed by atoms with Crippen LogP contribution in [0.2, 0.25) is 5.02 Å². The van der Waals surface area contributed by atoms with Crippen molar-refractivity contribution in [2.75, 3.05) is 37.8 Å². The number of nitrogens with one attached hydrogen (secondary N) is 2. The molecule has 2 aromatic heterocycles. The molecule has 2 N–H and O–H groups in total. The maximum atomic E-state index is 6.04. The van der Waals surface area contributed by atoms with Crippen LogP contribution >= 0.6 is 11.6 Å². The molecule has 1 aromatic carbocycles. The first-order valence-electron chi connectivity index (χ1n) is 8.81. The third kappa shape index (κ3) is 5.64. The highest BCUT2D eigenvalue weighted by atomic mass is 35.5. The molecule has 27 heavy (non-hydrogen) atoms. The molecule has 3 aromatic rings. The molecule has 0 saturated carbocycles. The van der Waals surface area contributed by atoms with Crippen LogP contribution < -0.4 is 10.6 Å². The third-order valence-electron chi connectivity index (χ3n) is 3.89. The minimum Gasteiger partial charge on any atom is -0.369 e. The van der Waals surface area contributed by atoms with Gasteiger partial charge in [0, 0.05) is 35.2 Å². The summed E-state index contributed by atoms with van der Waals surface area (Å²) < 4.78 is 0. The highest BCUT2D eigenvalue weighted by Crippen LogP contribution is 2.25. The number of halogens is 1. The molecule has 6 nitrogen and oxygen atoms in total. The summed E-state index contributed by atoms with van der Waals surface area (Å²) in [6, 6.07) is 13.3.